The first-order valence-corrected chi connectivity index (χ1v) is 11.8. The minimum Gasteiger partial charge on any atom is -0.367 e. The number of benzene rings is 3. The molecule has 0 spiro atoms. The van der Waals surface area contributed by atoms with Crippen LogP contribution < -0.4 is 10.2 Å². The maximum absolute atomic E-state index is 12.6. The summed E-state index contributed by atoms with van der Waals surface area (Å²) in [5.41, 5.74) is 3.89. The van der Waals surface area contributed by atoms with Gasteiger partial charge < -0.3 is 15.1 Å². The summed E-state index contributed by atoms with van der Waals surface area (Å²) in [5, 5.41) is 3.96. The van der Waals surface area contributed by atoms with Crippen molar-refractivity contribution >= 4 is 52.5 Å². The van der Waals surface area contributed by atoms with E-state index >= 15 is 0 Å². The van der Waals surface area contributed by atoms with E-state index in [0.29, 0.717) is 47.5 Å². The summed E-state index contributed by atoms with van der Waals surface area (Å²) < 4.78 is 0. The molecule has 0 radical (unpaired) electrons. The molecule has 2 amide bonds. The summed E-state index contributed by atoms with van der Waals surface area (Å²) in [6, 6.07) is 20.4. The molecule has 1 N–H and O–H groups in total. The van der Waals surface area contributed by atoms with E-state index in [2.05, 4.69) is 10.2 Å². The topological polar surface area (TPSA) is 52.7 Å². The molecule has 1 fully saturated rings. The third kappa shape index (κ3) is 5.79. The Balaban J connectivity index is 1.34. The molecule has 3 aromatic carbocycles. The molecule has 1 heterocycles. The Morgan fingerprint density at radius 3 is 2.29 bits per heavy atom. The van der Waals surface area contributed by atoms with Crippen molar-refractivity contribution in [3.8, 4) is 0 Å². The Morgan fingerprint density at radius 1 is 0.882 bits per heavy atom. The molecular formula is C27H25Cl2N3O2. The Labute approximate surface area is 209 Å². The molecule has 174 valence electrons. The fourth-order valence-corrected chi connectivity index (χ4v) is 4.26. The van der Waals surface area contributed by atoms with E-state index in [4.69, 9.17) is 23.2 Å². The lowest BCUT2D eigenvalue weighted by Gasteiger charge is -2.36. The fraction of sp³-hybridized carbons (Fsp3) is 0.185. The number of anilines is 2. The second kappa shape index (κ2) is 10.8. The predicted molar refractivity (Wildman–Crippen MR) is 140 cm³/mol. The van der Waals surface area contributed by atoms with Crippen molar-refractivity contribution in [3.63, 3.8) is 0 Å². The van der Waals surface area contributed by atoms with E-state index in [-0.39, 0.29) is 11.8 Å². The van der Waals surface area contributed by atoms with Gasteiger partial charge in [0, 0.05) is 48.5 Å². The van der Waals surface area contributed by atoms with Crippen LogP contribution >= 0.6 is 23.2 Å². The summed E-state index contributed by atoms with van der Waals surface area (Å²) in [7, 11) is 0. The van der Waals surface area contributed by atoms with Gasteiger partial charge in [-0.15, -0.1) is 0 Å². The zero-order valence-corrected chi connectivity index (χ0v) is 20.3. The Kier molecular flexibility index (Phi) is 7.56. The molecule has 0 aliphatic carbocycles. The van der Waals surface area contributed by atoms with Gasteiger partial charge in [0.15, 0.2) is 0 Å². The first-order chi connectivity index (χ1) is 16.4. The molecule has 3 aromatic rings. The van der Waals surface area contributed by atoms with Crippen molar-refractivity contribution in [2.75, 3.05) is 36.4 Å². The minimum atomic E-state index is -0.249. The summed E-state index contributed by atoms with van der Waals surface area (Å²) in [6.45, 7) is 4.47. The molecule has 0 atom stereocenters. The second-order valence-corrected chi connectivity index (χ2v) is 8.96. The predicted octanol–water partition coefficient (Wildman–Crippen LogP) is 5.92. The Morgan fingerprint density at radius 2 is 1.62 bits per heavy atom. The molecule has 7 heteroatoms. The van der Waals surface area contributed by atoms with E-state index in [1.807, 2.05) is 66.4 Å². The van der Waals surface area contributed by atoms with Gasteiger partial charge in [0.25, 0.3) is 5.91 Å². The van der Waals surface area contributed by atoms with Crippen LogP contribution in [0.2, 0.25) is 10.0 Å². The average Bonchev–Trinajstić information content (AvgIpc) is 2.85. The van der Waals surface area contributed by atoms with Crippen molar-refractivity contribution in [3.05, 3.63) is 99.5 Å². The second-order valence-electron chi connectivity index (χ2n) is 8.14. The molecule has 0 saturated carbocycles. The SMILES string of the molecule is Cc1ccc(C(=O)Nc2ccc(N3CCN(C(=O)/C=C/c4ccccc4)CC3)c(Cl)c2)cc1Cl. The normalized spacial score (nSPS) is 13.9. The first-order valence-electron chi connectivity index (χ1n) is 11.0. The number of piperazine rings is 1. The molecule has 1 aliphatic heterocycles. The van der Waals surface area contributed by atoms with Gasteiger partial charge in [0.05, 0.1) is 10.7 Å². The Hall–Kier alpha value is -3.28. The summed E-state index contributed by atoms with van der Waals surface area (Å²) >= 11 is 12.7. The van der Waals surface area contributed by atoms with E-state index in [1.54, 1.807) is 24.3 Å². The number of hydrogen-bond acceptors (Lipinski definition) is 3. The minimum absolute atomic E-state index is 0.00358. The maximum atomic E-state index is 12.6. The van der Waals surface area contributed by atoms with Gasteiger partial charge in [-0.05, 0) is 54.5 Å². The number of rotatable bonds is 5. The molecule has 1 aliphatic rings. The van der Waals surface area contributed by atoms with Gasteiger partial charge in [-0.3, -0.25) is 9.59 Å². The van der Waals surface area contributed by atoms with Gasteiger partial charge in [-0.25, -0.2) is 0 Å². The first kappa shape index (κ1) is 23.9. The molecule has 0 bridgehead atoms. The number of halogens is 2. The number of nitrogens with zero attached hydrogens (tertiary/aromatic N) is 2. The van der Waals surface area contributed by atoms with Crippen molar-refractivity contribution in [2.45, 2.75) is 6.92 Å². The van der Waals surface area contributed by atoms with Crippen molar-refractivity contribution in [1.82, 2.24) is 4.90 Å². The number of aryl methyl sites for hydroxylation is 1. The fourth-order valence-electron chi connectivity index (χ4n) is 3.78. The smallest absolute Gasteiger partial charge is 0.255 e. The lowest BCUT2D eigenvalue weighted by atomic mass is 10.1. The zero-order chi connectivity index (χ0) is 24.1. The highest BCUT2D eigenvalue weighted by Crippen LogP contribution is 2.30. The van der Waals surface area contributed by atoms with Gasteiger partial charge in [-0.1, -0.05) is 59.6 Å². The largest absolute Gasteiger partial charge is 0.367 e. The third-order valence-electron chi connectivity index (χ3n) is 5.79. The van der Waals surface area contributed by atoms with Crippen LogP contribution in [0.4, 0.5) is 11.4 Å². The molecule has 5 nitrogen and oxygen atoms in total. The third-order valence-corrected chi connectivity index (χ3v) is 6.50. The number of carbonyl (C=O) groups excluding carboxylic acids is 2. The van der Waals surface area contributed by atoms with Crippen LogP contribution in [0.1, 0.15) is 21.5 Å². The van der Waals surface area contributed by atoms with Gasteiger partial charge in [-0.2, -0.15) is 0 Å². The maximum Gasteiger partial charge on any atom is 0.255 e. The molecule has 0 aromatic heterocycles. The van der Waals surface area contributed by atoms with E-state index in [9.17, 15) is 9.59 Å². The van der Waals surface area contributed by atoms with Crippen LogP contribution in [0.5, 0.6) is 0 Å². The van der Waals surface area contributed by atoms with Crippen LogP contribution in [0.25, 0.3) is 6.08 Å². The number of carbonyl (C=O) groups is 2. The van der Waals surface area contributed by atoms with Gasteiger partial charge >= 0.3 is 0 Å². The molecule has 1 saturated heterocycles. The molecule has 4 rings (SSSR count). The lowest BCUT2D eigenvalue weighted by Crippen LogP contribution is -2.48. The van der Waals surface area contributed by atoms with Gasteiger partial charge in [0.2, 0.25) is 5.91 Å². The monoisotopic (exact) mass is 493 g/mol. The van der Waals surface area contributed by atoms with Crippen LogP contribution in [0, 0.1) is 6.92 Å². The Bertz CT molecular complexity index is 1220. The number of amides is 2. The van der Waals surface area contributed by atoms with E-state index in [0.717, 1.165) is 16.8 Å². The quantitative estimate of drug-likeness (QED) is 0.449. The number of hydrogen-bond donors (Lipinski definition) is 1. The van der Waals surface area contributed by atoms with Crippen LogP contribution in [-0.2, 0) is 4.79 Å². The van der Waals surface area contributed by atoms with Crippen molar-refractivity contribution < 1.29 is 9.59 Å². The highest BCUT2D eigenvalue weighted by Gasteiger charge is 2.21. The highest BCUT2D eigenvalue weighted by atomic mass is 35.5. The van der Waals surface area contributed by atoms with Crippen LogP contribution in [0.3, 0.4) is 0 Å². The summed E-state index contributed by atoms with van der Waals surface area (Å²) in [4.78, 5) is 29.1. The summed E-state index contributed by atoms with van der Waals surface area (Å²) in [5.74, 6) is -0.245. The van der Waals surface area contributed by atoms with Gasteiger partial charge in [0.1, 0.15) is 0 Å². The standard InChI is InChI=1S/C27H25Cl2N3O2/c1-19-7-9-21(17-23(19)28)27(34)30-22-10-11-25(24(29)18-22)31-13-15-32(16-14-31)26(33)12-8-20-5-3-2-4-6-20/h2-12,17-18H,13-16H2,1H3,(H,30,34)/b12-8+. The lowest BCUT2D eigenvalue weighted by molar-refractivity contribution is -0.126. The summed E-state index contributed by atoms with van der Waals surface area (Å²) in [6.07, 6.45) is 3.46. The highest BCUT2D eigenvalue weighted by molar-refractivity contribution is 6.33. The molecule has 34 heavy (non-hydrogen) atoms. The van der Waals surface area contributed by atoms with Crippen molar-refractivity contribution in [1.29, 1.82) is 0 Å². The van der Waals surface area contributed by atoms with Crippen molar-refractivity contribution in [2.24, 2.45) is 0 Å². The van der Waals surface area contributed by atoms with Crippen LogP contribution in [0.15, 0.2) is 72.8 Å². The van der Waals surface area contributed by atoms with Crippen LogP contribution in [-0.4, -0.2) is 42.9 Å². The zero-order valence-electron chi connectivity index (χ0n) is 18.8. The number of nitrogens with one attached hydrogen (secondary N) is 1. The molecule has 0 unspecified atom stereocenters. The molecular weight excluding hydrogens is 469 g/mol. The average molecular weight is 494 g/mol. The van der Waals surface area contributed by atoms with E-state index in [1.165, 1.54) is 0 Å². The van der Waals surface area contributed by atoms with E-state index < -0.39 is 0 Å².